The number of benzene rings is 1. The number of sulfonamides is 1. The summed E-state index contributed by atoms with van der Waals surface area (Å²) in [6, 6.07) is 4.53. The Morgan fingerprint density at radius 3 is 2.38 bits per heavy atom. The van der Waals surface area contributed by atoms with E-state index in [-0.39, 0.29) is 22.7 Å². The number of halogens is 4. The van der Waals surface area contributed by atoms with Crippen LogP contribution < -0.4 is 5.32 Å². The molecule has 4 rings (SSSR count). The zero-order valence-corrected chi connectivity index (χ0v) is 20.3. The molecule has 0 spiro atoms. The second-order valence-corrected chi connectivity index (χ2v) is 10.2. The minimum absolute atomic E-state index is 0.0758. The van der Waals surface area contributed by atoms with Gasteiger partial charge in [-0.1, -0.05) is 6.92 Å². The van der Waals surface area contributed by atoms with Gasteiger partial charge in [-0.15, -0.1) is 0 Å². The molecule has 0 aliphatic carbocycles. The van der Waals surface area contributed by atoms with Crippen molar-refractivity contribution >= 4 is 15.9 Å². The normalized spacial score (nSPS) is 18.6. The van der Waals surface area contributed by atoms with E-state index in [1.165, 1.54) is 16.7 Å². The van der Waals surface area contributed by atoms with E-state index in [1.54, 1.807) is 0 Å². The van der Waals surface area contributed by atoms with E-state index in [4.69, 9.17) is 0 Å². The van der Waals surface area contributed by atoms with Gasteiger partial charge < -0.3 is 5.32 Å². The van der Waals surface area contributed by atoms with Gasteiger partial charge in [-0.2, -0.15) is 17.5 Å². The summed E-state index contributed by atoms with van der Waals surface area (Å²) in [6.45, 7) is 1.75. The van der Waals surface area contributed by atoms with E-state index < -0.39 is 45.8 Å². The molecule has 0 bridgehead atoms. The summed E-state index contributed by atoms with van der Waals surface area (Å²) >= 11 is 0. The van der Waals surface area contributed by atoms with Crippen LogP contribution in [0.5, 0.6) is 0 Å². The first kappa shape index (κ1) is 26.5. The molecule has 1 aromatic carbocycles. The molecule has 1 aliphatic heterocycles. The first-order valence-corrected chi connectivity index (χ1v) is 12.7. The van der Waals surface area contributed by atoms with Crippen molar-refractivity contribution in [3.05, 3.63) is 66.4 Å². The molecule has 0 saturated carbocycles. The van der Waals surface area contributed by atoms with E-state index in [1.807, 2.05) is 6.92 Å². The molecule has 1 fully saturated rings. The van der Waals surface area contributed by atoms with Crippen LogP contribution in [0.2, 0.25) is 0 Å². The van der Waals surface area contributed by atoms with Crippen molar-refractivity contribution in [2.45, 2.75) is 55.9 Å². The largest absolute Gasteiger partial charge is 0.451 e. The van der Waals surface area contributed by atoms with Crippen LogP contribution in [0.4, 0.5) is 17.6 Å². The lowest BCUT2D eigenvalue weighted by atomic mass is 10.1. The maximum absolute atomic E-state index is 13.3. The van der Waals surface area contributed by atoms with Gasteiger partial charge in [-0.25, -0.2) is 32.7 Å². The maximum atomic E-state index is 13.3. The fraction of sp³-hybridized carbons (Fsp3) is 0.348. The Balaban J connectivity index is 1.49. The van der Waals surface area contributed by atoms with Gasteiger partial charge in [0.15, 0.2) is 0 Å². The summed E-state index contributed by atoms with van der Waals surface area (Å²) in [6.07, 6.45) is -0.223. The van der Waals surface area contributed by atoms with Crippen molar-refractivity contribution in [3.63, 3.8) is 0 Å². The van der Waals surface area contributed by atoms with Crippen LogP contribution in [0.3, 0.4) is 0 Å². The highest BCUT2D eigenvalue weighted by Crippen LogP contribution is 2.33. The Morgan fingerprint density at radius 1 is 1.08 bits per heavy atom. The molecule has 0 radical (unpaired) electrons. The highest BCUT2D eigenvalue weighted by molar-refractivity contribution is 7.89. The maximum Gasteiger partial charge on any atom is 0.451 e. The number of aromatic nitrogens is 4. The summed E-state index contributed by atoms with van der Waals surface area (Å²) < 4.78 is 79.2. The topological polar surface area (TPSA) is 118 Å². The molecule has 37 heavy (non-hydrogen) atoms. The van der Waals surface area contributed by atoms with Gasteiger partial charge in [-0.3, -0.25) is 4.79 Å². The number of amides is 1. The number of carbonyl (C=O) groups excluding carboxylic acids is 1. The summed E-state index contributed by atoms with van der Waals surface area (Å²) in [4.78, 5) is 27.6. The molecule has 0 unspecified atom stereocenters. The Labute approximate surface area is 210 Å². The highest BCUT2D eigenvalue weighted by Gasteiger charge is 2.44. The molecule has 1 amide bonds. The number of rotatable bonds is 7. The molecule has 1 aliphatic rings. The average molecular weight is 539 g/mol. The molecule has 3 heterocycles. The lowest BCUT2D eigenvalue weighted by molar-refractivity contribution is -0.145. The number of nitrogens with zero attached hydrogens (tertiary/aromatic N) is 5. The average Bonchev–Trinajstić information content (AvgIpc) is 3.33. The van der Waals surface area contributed by atoms with Crippen LogP contribution >= 0.6 is 0 Å². The first-order chi connectivity index (χ1) is 17.5. The van der Waals surface area contributed by atoms with Gasteiger partial charge in [0, 0.05) is 24.0 Å². The summed E-state index contributed by atoms with van der Waals surface area (Å²) in [5, 5.41) is 2.68. The van der Waals surface area contributed by atoms with Crippen molar-refractivity contribution in [1.29, 1.82) is 0 Å². The van der Waals surface area contributed by atoms with E-state index in [9.17, 15) is 30.8 Å². The quantitative estimate of drug-likeness (QED) is 0.459. The zero-order chi connectivity index (χ0) is 26.8. The smallest absolute Gasteiger partial charge is 0.349 e. The Bertz CT molecular complexity index is 1370. The molecule has 9 nitrogen and oxygen atoms in total. The summed E-state index contributed by atoms with van der Waals surface area (Å²) in [5.41, 5.74) is 0.817. The highest BCUT2D eigenvalue weighted by atomic mass is 32.2. The minimum Gasteiger partial charge on any atom is -0.349 e. The summed E-state index contributed by atoms with van der Waals surface area (Å²) in [7, 11) is -4.06. The van der Waals surface area contributed by atoms with E-state index in [0.717, 1.165) is 36.7 Å². The van der Waals surface area contributed by atoms with Gasteiger partial charge >= 0.3 is 6.18 Å². The lowest BCUT2D eigenvalue weighted by Crippen LogP contribution is -2.48. The van der Waals surface area contributed by atoms with Gasteiger partial charge in [0.1, 0.15) is 18.2 Å². The third-order valence-electron chi connectivity index (χ3n) is 5.97. The van der Waals surface area contributed by atoms with Crippen LogP contribution in [0, 0.1) is 5.82 Å². The number of alkyl halides is 3. The number of hydrogen-bond acceptors (Lipinski definition) is 7. The predicted octanol–water partition coefficient (Wildman–Crippen LogP) is 3.34. The standard InChI is InChI=1S/C23H22F4N6O3S/c1-2-17-5-8-20(33(17)37(35,36)18-6-3-15(24)4-7-18)21(34)28-12-16-9-19(32-13-31-16)14-10-29-22(30-11-14)23(25,26)27/h3-4,6-7,9-11,13,17,20H,2,5,8,12H2,1H3,(H,28,34)/t17-,20-/m0/s1. The monoisotopic (exact) mass is 538 g/mol. The van der Waals surface area contributed by atoms with Crippen LogP contribution in [-0.2, 0) is 27.5 Å². The number of carbonyl (C=O) groups is 1. The van der Waals surface area contributed by atoms with Crippen molar-refractivity contribution in [2.24, 2.45) is 0 Å². The Hall–Kier alpha value is -3.52. The van der Waals surface area contributed by atoms with Gasteiger partial charge in [0.2, 0.25) is 21.8 Å². The zero-order valence-electron chi connectivity index (χ0n) is 19.5. The van der Waals surface area contributed by atoms with Crippen molar-refractivity contribution < 1.29 is 30.8 Å². The van der Waals surface area contributed by atoms with Crippen LogP contribution in [0.15, 0.2) is 53.9 Å². The molecule has 14 heteroatoms. The molecule has 2 atom stereocenters. The second kappa shape index (κ2) is 10.5. The SMILES string of the molecule is CC[C@H]1CC[C@@H](C(=O)NCc2cc(-c3cnc(C(F)(F)F)nc3)ncn2)N1S(=O)(=O)c1ccc(F)cc1. The molecule has 1 saturated heterocycles. The molecule has 2 aromatic heterocycles. The van der Waals surface area contributed by atoms with E-state index in [0.29, 0.717) is 25.0 Å². The third-order valence-corrected chi connectivity index (χ3v) is 7.95. The summed E-state index contributed by atoms with van der Waals surface area (Å²) in [5.74, 6) is -2.38. The molecular weight excluding hydrogens is 516 g/mol. The van der Waals surface area contributed by atoms with E-state index >= 15 is 0 Å². The van der Waals surface area contributed by atoms with Crippen molar-refractivity contribution in [3.8, 4) is 11.3 Å². The van der Waals surface area contributed by atoms with Crippen LogP contribution in [0.1, 0.15) is 37.7 Å². The Morgan fingerprint density at radius 2 is 1.76 bits per heavy atom. The second-order valence-electron chi connectivity index (χ2n) is 8.35. The van der Waals surface area contributed by atoms with E-state index in [2.05, 4.69) is 25.3 Å². The fourth-order valence-electron chi connectivity index (χ4n) is 4.14. The molecule has 1 N–H and O–H groups in total. The number of nitrogens with one attached hydrogen (secondary N) is 1. The fourth-order valence-corrected chi connectivity index (χ4v) is 6.04. The van der Waals surface area contributed by atoms with Gasteiger partial charge in [-0.05, 0) is 49.6 Å². The van der Waals surface area contributed by atoms with Crippen LogP contribution in [-0.4, -0.2) is 50.6 Å². The molecular formula is C23H22F4N6O3S. The number of hydrogen-bond donors (Lipinski definition) is 1. The van der Waals surface area contributed by atoms with Gasteiger partial charge in [0.05, 0.1) is 22.8 Å². The first-order valence-electron chi connectivity index (χ1n) is 11.3. The minimum atomic E-state index is -4.67. The Kier molecular flexibility index (Phi) is 7.50. The van der Waals surface area contributed by atoms with Crippen LogP contribution in [0.25, 0.3) is 11.3 Å². The third kappa shape index (κ3) is 5.74. The van der Waals surface area contributed by atoms with Gasteiger partial charge in [0.25, 0.3) is 0 Å². The van der Waals surface area contributed by atoms with Crippen molar-refractivity contribution in [1.82, 2.24) is 29.6 Å². The molecule has 196 valence electrons. The predicted molar refractivity (Wildman–Crippen MR) is 122 cm³/mol. The van der Waals surface area contributed by atoms with Crippen molar-refractivity contribution in [2.75, 3.05) is 0 Å². The molecule has 3 aromatic rings. The lowest BCUT2D eigenvalue weighted by Gasteiger charge is -2.28.